The average molecular weight is 231 g/mol. The van der Waals surface area contributed by atoms with Crippen molar-refractivity contribution >= 4 is 5.82 Å². The smallest absolute Gasteiger partial charge is 0.129 e. The van der Waals surface area contributed by atoms with Gasteiger partial charge < -0.3 is 10.6 Å². The molecular formula is C14H21N3. The zero-order chi connectivity index (χ0) is 11.5. The van der Waals surface area contributed by atoms with Gasteiger partial charge in [-0.1, -0.05) is 6.07 Å². The fourth-order valence-corrected chi connectivity index (χ4v) is 2.82. The van der Waals surface area contributed by atoms with Crippen molar-refractivity contribution in [3.8, 4) is 0 Å². The second kappa shape index (κ2) is 5.05. The minimum atomic E-state index is 0.862. The maximum Gasteiger partial charge on any atom is 0.129 e. The van der Waals surface area contributed by atoms with Gasteiger partial charge in [-0.2, -0.15) is 0 Å². The zero-order valence-electron chi connectivity index (χ0n) is 10.3. The summed E-state index contributed by atoms with van der Waals surface area (Å²) in [7, 11) is 0. The third kappa shape index (κ3) is 2.60. The van der Waals surface area contributed by atoms with Crippen LogP contribution < -0.4 is 10.6 Å². The number of hydrogen-bond acceptors (Lipinski definition) is 3. The molecule has 2 aliphatic heterocycles. The van der Waals surface area contributed by atoms with Gasteiger partial charge in [0.15, 0.2) is 0 Å². The van der Waals surface area contributed by atoms with Gasteiger partial charge >= 0.3 is 0 Å². The van der Waals surface area contributed by atoms with E-state index in [4.69, 9.17) is 4.98 Å². The number of anilines is 1. The lowest BCUT2D eigenvalue weighted by atomic mass is 10.00. The van der Waals surface area contributed by atoms with E-state index in [0.717, 1.165) is 24.7 Å². The molecule has 0 aliphatic carbocycles. The fourth-order valence-electron chi connectivity index (χ4n) is 2.82. The summed E-state index contributed by atoms with van der Waals surface area (Å²) < 4.78 is 0. The van der Waals surface area contributed by atoms with Crippen molar-refractivity contribution in [1.82, 2.24) is 10.3 Å². The van der Waals surface area contributed by atoms with Crippen LogP contribution in [-0.4, -0.2) is 24.6 Å². The van der Waals surface area contributed by atoms with E-state index in [-0.39, 0.29) is 0 Å². The molecule has 2 aliphatic rings. The second-order valence-electron chi connectivity index (χ2n) is 5.24. The lowest BCUT2D eigenvalue weighted by molar-refractivity contribution is 0.529. The predicted molar refractivity (Wildman–Crippen MR) is 70.3 cm³/mol. The molecule has 0 radical (unpaired) electrons. The van der Waals surface area contributed by atoms with Crippen LogP contribution in [-0.2, 0) is 12.8 Å². The highest BCUT2D eigenvalue weighted by molar-refractivity contribution is 5.46. The molecule has 3 rings (SSSR count). The van der Waals surface area contributed by atoms with Gasteiger partial charge in [0, 0.05) is 12.2 Å². The highest BCUT2D eigenvalue weighted by Crippen LogP contribution is 2.21. The number of aryl methyl sites for hydroxylation is 2. The highest BCUT2D eigenvalue weighted by Gasteiger charge is 2.15. The van der Waals surface area contributed by atoms with Gasteiger partial charge in [-0.3, -0.25) is 0 Å². The van der Waals surface area contributed by atoms with Crippen LogP contribution in [0.1, 0.15) is 30.5 Å². The van der Waals surface area contributed by atoms with E-state index >= 15 is 0 Å². The second-order valence-corrected chi connectivity index (χ2v) is 5.24. The Labute approximate surface area is 103 Å². The van der Waals surface area contributed by atoms with Crippen molar-refractivity contribution in [2.45, 2.75) is 32.1 Å². The molecule has 3 nitrogen and oxygen atoms in total. The van der Waals surface area contributed by atoms with Crippen molar-refractivity contribution in [3.05, 3.63) is 23.4 Å². The van der Waals surface area contributed by atoms with Crippen LogP contribution in [0.2, 0.25) is 0 Å². The Morgan fingerprint density at radius 1 is 1.29 bits per heavy atom. The molecule has 1 fully saturated rings. The summed E-state index contributed by atoms with van der Waals surface area (Å²) in [5.41, 5.74) is 2.65. The van der Waals surface area contributed by atoms with Crippen LogP contribution in [0.25, 0.3) is 0 Å². The van der Waals surface area contributed by atoms with Gasteiger partial charge in [0.05, 0.1) is 0 Å². The first-order valence-electron chi connectivity index (χ1n) is 6.85. The van der Waals surface area contributed by atoms with Gasteiger partial charge in [0.25, 0.3) is 0 Å². The molecule has 17 heavy (non-hydrogen) atoms. The SMILES string of the molecule is c1cc2c(nc1CCC1CCNC1)NCCC2. The molecular weight excluding hydrogens is 210 g/mol. The largest absolute Gasteiger partial charge is 0.370 e. The summed E-state index contributed by atoms with van der Waals surface area (Å²) in [5.74, 6) is 2.00. The number of rotatable bonds is 3. The molecule has 0 bridgehead atoms. The molecule has 3 heteroatoms. The van der Waals surface area contributed by atoms with Gasteiger partial charge in [0.1, 0.15) is 5.82 Å². The van der Waals surface area contributed by atoms with Crippen LogP contribution in [0, 0.1) is 5.92 Å². The molecule has 3 heterocycles. The van der Waals surface area contributed by atoms with Crippen molar-refractivity contribution in [3.63, 3.8) is 0 Å². The lowest BCUT2D eigenvalue weighted by Gasteiger charge is -2.17. The number of nitrogens with zero attached hydrogens (tertiary/aromatic N) is 1. The quantitative estimate of drug-likeness (QED) is 0.835. The third-order valence-corrected chi connectivity index (χ3v) is 3.92. The summed E-state index contributed by atoms with van der Waals surface area (Å²) in [6.45, 7) is 3.48. The third-order valence-electron chi connectivity index (χ3n) is 3.92. The highest BCUT2D eigenvalue weighted by atomic mass is 15.0. The Balaban J connectivity index is 1.62. The van der Waals surface area contributed by atoms with Gasteiger partial charge in [-0.25, -0.2) is 4.98 Å². The van der Waals surface area contributed by atoms with E-state index in [1.807, 2.05) is 0 Å². The van der Waals surface area contributed by atoms with E-state index in [9.17, 15) is 0 Å². The summed E-state index contributed by atoms with van der Waals surface area (Å²) in [6, 6.07) is 4.48. The minimum Gasteiger partial charge on any atom is -0.370 e. The van der Waals surface area contributed by atoms with Crippen molar-refractivity contribution in [1.29, 1.82) is 0 Å². The number of aromatic nitrogens is 1. The predicted octanol–water partition coefficient (Wildman–Crippen LogP) is 1.98. The minimum absolute atomic E-state index is 0.862. The first kappa shape index (κ1) is 11.0. The fraction of sp³-hybridized carbons (Fsp3) is 0.643. The molecule has 92 valence electrons. The van der Waals surface area contributed by atoms with E-state index in [0.29, 0.717) is 0 Å². The first-order chi connectivity index (χ1) is 8.42. The molecule has 0 saturated carbocycles. The molecule has 1 saturated heterocycles. The Morgan fingerprint density at radius 2 is 2.29 bits per heavy atom. The van der Waals surface area contributed by atoms with Crippen LogP contribution in [0.5, 0.6) is 0 Å². The van der Waals surface area contributed by atoms with Crippen LogP contribution in [0.4, 0.5) is 5.82 Å². The maximum atomic E-state index is 4.74. The summed E-state index contributed by atoms with van der Waals surface area (Å²) in [4.78, 5) is 4.74. The van der Waals surface area contributed by atoms with E-state index < -0.39 is 0 Å². The Hall–Kier alpha value is -1.09. The number of nitrogens with one attached hydrogen (secondary N) is 2. The standard InChI is InChI=1S/C14H21N3/c1-2-12-4-6-13(17-14(12)16-8-1)5-3-11-7-9-15-10-11/h4,6,11,15H,1-3,5,7-10H2,(H,16,17). The molecule has 1 atom stereocenters. The molecule has 0 spiro atoms. The Kier molecular flexibility index (Phi) is 3.27. The Morgan fingerprint density at radius 3 is 3.18 bits per heavy atom. The summed E-state index contributed by atoms with van der Waals surface area (Å²) in [5, 5.41) is 6.83. The lowest BCUT2D eigenvalue weighted by Crippen LogP contribution is -2.14. The summed E-state index contributed by atoms with van der Waals surface area (Å²) >= 11 is 0. The van der Waals surface area contributed by atoms with Crippen molar-refractivity contribution in [2.75, 3.05) is 25.0 Å². The molecule has 0 amide bonds. The normalized spacial score (nSPS) is 23.2. The van der Waals surface area contributed by atoms with E-state index in [1.165, 1.54) is 50.0 Å². The molecule has 1 aromatic heterocycles. The zero-order valence-corrected chi connectivity index (χ0v) is 10.3. The summed E-state index contributed by atoms with van der Waals surface area (Å²) in [6.07, 6.45) is 6.16. The van der Waals surface area contributed by atoms with Crippen LogP contribution >= 0.6 is 0 Å². The molecule has 2 N–H and O–H groups in total. The Bertz CT molecular complexity index is 383. The van der Waals surface area contributed by atoms with Crippen molar-refractivity contribution < 1.29 is 0 Å². The van der Waals surface area contributed by atoms with E-state index in [1.54, 1.807) is 0 Å². The molecule has 0 aromatic carbocycles. The topological polar surface area (TPSA) is 37.0 Å². The van der Waals surface area contributed by atoms with Gasteiger partial charge in [0.2, 0.25) is 0 Å². The van der Waals surface area contributed by atoms with Crippen molar-refractivity contribution in [2.24, 2.45) is 5.92 Å². The van der Waals surface area contributed by atoms with Crippen LogP contribution in [0.15, 0.2) is 12.1 Å². The maximum absolute atomic E-state index is 4.74. The molecule has 1 aromatic rings. The van der Waals surface area contributed by atoms with Gasteiger partial charge in [-0.15, -0.1) is 0 Å². The number of hydrogen-bond donors (Lipinski definition) is 2. The van der Waals surface area contributed by atoms with E-state index in [2.05, 4.69) is 22.8 Å². The van der Waals surface area contributed by atoms with Crippen LogP contribution in [0.3, 0.4) is 0 Å². The first-order valence-corrected chi connectivity index (χ1v) is 6.85. The average Bonchev–Trinajstić information content (AvgIpc) is 2.89. The van der Waals surface area contributed by atoms with Gasteiger partial charge in [-0.05, 0) is 62.7 Å². The number of fused-ring (bicyclic) bond motifs is 1. The molecule has 1 unspecified atom stereocenters. The monoisotopic (exact) mass is 231 g/mol. The number of pyridine rings is 1.